The van der Waals surface area contributed by atoms with Crippen LogP contribution in [0, 0.1) is 5.92 Å². The van der Waals surface area contributed by atoms with Crippen LogP contribution in [0.1, 0.15) is 58.8 Å². The van der Waals surface area contributed by atoms with Gasteiger partial charge in [-0.25, -0.2) is 0 Å². The molecule has 17 heavy (non-hydrogen) atoms. The van der Waals surface area contributed by atoms with Crippen molar-refractivity contribution in [3.8, 4) is 0 Å². The molecule has 1 saturated heterocycles. The molecule has 0 aromatic carbocycles. The molecule has 1 heterocycles. The van der Waals surface area contributed by atoms with Gasteiger partial charge in [-0.05, 0) is 45.4 Å². The van der Waals surface area contributed by atoms with Crippen molar-refractivity contribution in [2.75, 3.05) is 13.1 Å². The van der Waals surface area contributed by atoms with E-state index in [1.54, 1.807) is 0 Å². The molecule has 0 bridgehead atoms. The van der Waals surface area contributed by atoms with E-state index in [1.807, 2.05) is 4.90 Å². The van der Waals surface area contributed by atoms with Crippen molar-refractivity contribution in [3.05, 3.63) is 0 Å². The normalized spacial score (nSPS) is 26.3. The molecule has 1 aliphatic heterocycles. The fraction of sp³-hybridized carbons (Fsp3) is 1.00. The molecular formula is C14H27NO2. The van der Waals surface area contributed by atoms with Gasteiger partial charge < -0.3 is 9.84 Å². The number of aliphatic hydroxyl groups excluding tert-OH is 1. The fourth-order valence-electron chi connectivity index (χ4n) is 3.20. The van der Waals surface area contributed by atoms with Gasteiger partial charge in [0, 0.05) is 13.1 Å². The van der Waals surface area contributed by atoms with Crippen LogP contribution in [0.5, 0.6) is 0 Å². The molecule has 1 atom stereocenters. The van der Waals surface area contributed by atoms with Crippen molar-refractivity contribution < 1.29 is 9.84 Å². The molecule has 2 rings (SSSR count). The van der Waals surface area contributed by atoms with E-state index in [1.165, 1.54) is 44.9 Å². The van der Waals surface area contributed by atoms with E-state index in [2.05, 4.69) is 13.8 Å². The SMILES string of the molecule is CC(C)(OC(O)N1CCCC1)C1CCCCC1. The molecule has 1 aliphatic carbocycles. The Morgan fingerprint density at radius 3 is 2.24 bits per heavy atom. The summed E-state index contributed by atoms with van der Waals surface area (Å²) in [7, 11) is 0. The molecule has 0 amide bonds. The van der Waals surface area contributed by atoms with Crippen LogP contribution < -0.4 is 0 Å². The van der Waals surface area contributed by atoms with Crippen molar-refractivity contribution in [1.82, 2.24) is 4.90 Å². The number of hydrogen-bond donors (Lipinski definition) is 1. The lowest BCUT2D eigenvalue weighted by Crippen LogP contribution is -2.45. The Bertz CT molecular complexity index is 230. The minimum atomic E-state index is -0.700. The molecule has 0 spiro atoms. The van der Waals surface area contributed by atoms with Crippen LogP contribution in [0.2, 0.25) is 0 Å². The number of rotatable bonds is 4. The van der Waals surface area contributed by atoms with Gasteiger partial charge in [-0.1, -0.05) is 19.3 Å². The quantitative estimate of drug-likeness (QED) is 0.768. The maximum atomic E-state index is 10.1. The third kappa shape index (κ3) is 3.43. The Hall–Kier alpha value is -0.120. The predicted octanol–water partition coefficient (Wildman–Crippen LogP) is 2.73. The smallest absolute Gasteiger partial charge is 0.216 e. The molecule has 0 aromatic rings. The average molecular weight is 241 g/mol. The molecule has 3 heteroatoms. The van der Waals surface area contributed by atoms with Crippen molar-refractivity contribution in [2.24, 2.45) is 5.92 Å². The van der Waals surface area contributed by atoms with E-state index in [9.17, 15) is 5.11 Å². The van der Waals surface area contributed by atoms with E-state index in [-0.39, 0.29) is 5.60 Å². The minimum absolute atomic E-state index is 0.192. The highest BCUT2D eigenvalue weighted by atomic mass is 16.6. The summed E-state index contributed by atoms with van der Waals surface area (Å²) in [6, 6.07) is 0. The number of hydrogen-bond acceptors (Lipinski definition) is 3. The van der Waals surface area contributed by atoms with E-state index < -0.39 is 6.41 Å². The van der Waals surface area contributed by atoms with Crippen LogP contribution >= 0.6 is 0 Å². The summed E-state index contributed by atoms with van der Waals surface area (Å²) >= 11 is 0. The zero-order valence-corrected chi connectivity index (χ0v) is 11.3. The topological polar surface area (TPSA) is 32.7 Å². The van der Waals surface area contributed by atoms with Crippen molar-refractivity contribution in [2.45, 2.75) is 70.8 Å². The van der Waals surface area contributed by atoms with E-state index in [0.29, 0.717) is 5.92 Å². The Kier molecular flexibility index (Phi) is 4.45. The van der Waals surface area contributed by atoms with E-state index in [0.717, 1.165) is 13.1 Å². The zero-order chi connectivity index (χ0) is 12.3. The summed E-state index contributed by atoms with van der Waals surface area (Å²) in [4.78, 5) is 2.05. The first-order valence-electron chi connectivity index (χ1n) is 7.19. The minimum Gasteiger partial charge on any atom is -0.356 e. The molecule has 1 unspecified atom stereocenters. The first-order chi connectivity index (χ1) is 8.09. The van der Waals surface area contributed by atoms with Gasteiger partial charge in [-0.2, -0.15) is 0 Å². The Morgan fingerprint density at radius 2 is 1.65 bits per heavy atom. The molecular weight excluding hydrogens is 214 g/mol. The summed E-state index contributed by atoms with van der Waals surface area (Å²) in [5, 5.41) is 10.1. The zero-order valence-electron chi connectivity index (χ0n) is 11.3. The van der Waals surface area contributed by atoms with Gasteiger partial charge in [0.15, 0.2) is 0 Å². The standard InChI is InChI=1S/C14H27NO2/c1-14(2,12-8-4-3-5-9-12)17-13(16)15-10-6-7-11-15/h12-13,16H,3-11H2,1-2H3. The van der Waals surface area contributed by atoms with Crippen LogP contribution in [0.25, 0.3) is 0 Å². The third-order valence-corrected chi connectivity index (χ3v) is 4.45. The van der Waals surface area contributed by atoms with Gasteiger partial charge in [-0.15, -0.1) is 0 Å². The lowest BCUT2D eigenvalue weighted by molar-refractivity contribution is -0.253. The molecule has 2 fully saturated rings. The van der Waals surface area contributed by atoms with Crippen molar-refractivity contribution in [3.63, 3.8) is 0 Å². The third-order valence-electron chi connectivity index (χ3n) is 4.45. The number of ether oxygens (including phenoxy) is 1. The molecule has 1 N–H and O–H groups in total. The molecule has 0 aromatic heterocycles. The van der Waals surface area contributed by atoms with Crippen LogP contribution in [0.4, 0.5) is 0 Å². The molecule has 2 aliphatic rings. The second-order valence-electron chi connectivity index (χ2n) is 6.13. The second kappa shape index (κ2) is 5.68. The number of aliphatic hydroxyl groups is 1. The second-order valence-corrected chi connectivity index (χ2v) is 6.13. The highest BCUT2D eigenvalue weighted by Crippen LogP contribution is 2.35. The Balaban J connectivity index is 1.86. The maximum Gasteiger partial charge on any atom is 0.216 e. The lowest BCUT2D eigenvalue weighted by atomic mass is 9.79. The maximum absolute atomic E-state index is 10.1. The first kappa shape index (κ1) is 13.3. The van der Waals surface area contributed by atoms with Crippen LogP contribution in [0.3, 0.4) is 0 Å². The van der Waals surface area contributed by atoms with Gasteiger partial charge in [0.1, 0.15) is 0 Å². The molecule has 3 nitrogen and oxygen atoms in total. The van der Waals surface area contributed by atoms with Gasteiger partial charge >= 0.3 is 0 Å². The lowest BCUT2D eigenvalue weighted by Gasteiger charge is -2.39. The van der Waals surface area contributed by atoms with Gasteiger partial charge in [0.05, 0.1) is 5.60 Å². The molecule has 1 saturated carbocycles. The van der Waals surface area contributed by atoms with Gasteiger partial charge in [0.25, 0.3) is 0 Å². The molecule has 0 radical (unpaired) electrons. The Morgan fingerprint density at radius 1 is 1.06 bits per heavy atom. The predicted molar refractivity (Wildman–Crippen MR) is 68.6 cm³/mol. The highest BCUT2D eigenvalue weighted by Gasteiger charge is 2.35. The monoisotopic (exact) mass is 241 g/mol. The van der Waals surface area contributed by atoms with E-state index in [4.69, 9.17) is 4.74 Å². The van der Waals surface area contributed by atoms with E-state index >= 15 is 0 Å². The average Bonchev–Trinajstić information content (AvgIpc) is 2.83. The van der Waals surface area contributed by atoms with Crippen molar-refractivity contribution >= 4 is 0 Å². The fourth-order valence-corrected chi connectivity index (χ4v) is 3.20. The summed E-state index contributed by atoms with van der Waals surface area (Å²) < 4.78 is 5.94. The van der Waals surface area contributed by atoms with Gasteiger partial charge in [-0.3, -0.25) is 4.90 Å². The van der Waals surface area contributed by atoms with Crippen LogP contribution in [0.15, 0.2) is 0 Å². The number of nitrogens with zero attached hydrogens (tertiary/aromatic N) is 1. The Labute approximate surface area is 105 Å². The van der Waals surface area contributed by atoms with Crippen LogP contribution in [-0.2, 0) is 4.74 Å². The first-order valence-corrected chi connectivity index (χ1v) is 7.19. The van der Waals surface area contributed by atoms with Gasteiger partial charge in [0.2, 0.25) is 6.41 Å². The highest BCUT2D eigenvalue weighted by molar-refractivity contribution is 4.82. The van der Waals surface area contributed by atoms with Crippen LogP contribution in [-0.4, -0.2) is 35.1 Å². The van der Waals surface area contributed by atoms with Crippen molar-refractivity contribution in [1.29, 1.82) is 0 Å². The summed E-state index contributed by atoms with van der Waals surface area (Å²) in [6.45, 7) is 6.23. The summed E-state index contributed by atoms with van der Waals surface area (Å²) in [6.07, 6.45) is 8.17. The molecule has 100 valence electrons. The summed E-state index contributed by atoms with van der Waals surface area (Å²) in [5.41, 5.74) is -0.192. The number of likely N-dealkylation sites (tertiary alicyclic amines) is 1. The summed E-state index contributed by atoms with van der Waals surface area (Å²) in [5.74, 6) is 0.605. The largest absolute Gasteiger partial charge is 0.356 e.